The van der Waals surface area contributed by atoms with Crippen molar-refractivity contribution in [2.24, 2.45) is 17.8 Å². The fraction of sp³-hybridized carbons (Fsp3) is 1.00. The first kappa shape index (κ1) is 17.0. The predicted molar refractivity (Wildman–Crippen MR) is 83.3 cm³/mol. The highest BCUT2D eigenvalue weighted by Crippen LogP contribution is 2.30. The summed E-state index contributed by atoms with van der Waals surface area (Å²) in [6.45, 7) is 13.8. The van der Waals surface area contributed by atoms with Crippen LogP contribution in [-0.2, 0) is 0 Å². The van der Waals surface area contributed by atoms with Gasteiger partial charge in [-0.2, -0.15) is 0 Å². The molecule has 0 amide bonds. The first-order valence-corrected chi connectivity index (χ1v) is 8.39. The molecule has 0 aliphatic heterocycles. The van der Waals surface area contributed by atoms with Crippen molar-refractivity contribution >= 4 is 0 Å². The third-order valence-electron chi connectivity index (χ3n) is 4.73. The summed E-state index contributed by atoms with van der Waals surface area (Å²) in [5, 5.41) is 10.3. The molecule has 114 valence electrons. The Bertz CT molecular complexity index is 237. The molecule has 2 heteroatoms. The van der Waals surface area contributed by atoms with Gasteiger partial charge >= 0.3 is 0 Å². The van der Waals surface area contributed by atoms with Gasteiger partial charge in [-0.05, 0) is 49.9 Å². The Morgan fingerprint density at radius 3 is 2.32 bits per heavy atom. The molecule has 1 aliphatic rings. The maximum absolute atomic E-state index is 10.3. The summed E-state index contributed by atoms with van der Waals surface area (Å²) in [7, 11) is 0. The molecule has 1 aliphatic carbocycles. The maximum Gasteiger partial charge on any atom is 0.0580 e. The molecule has 0 aromatic heterocycles. The van der Waals surface area contributed by atoms with Crippen LogP contribution in [0.2, 0.25) is 0 Å². The summed E-state index contributed by atoms with van der Waals surface area (Å²) in [5.41, 5.74) is 0. The standard InChI is InChI=1S/C17H35NO/c1-6-16(7-2)18(11-13(3)4)12-15-10-14(5)8-9-17(15)19/h13-17,19H,6-12H2,1-5H3. The number of hydrogen-bond acceptors (Lipinski definition) is 2. The number of aliphatic hydroxyl groups excluding tert-OH is 1. The second-order valence-corrected chi connectivity index (χ2v) is 7.06. The Balaban J connectivity index is 2.64. The third-order valence-corrected chi connectivity index (χ3v) is 4.73. The quantitative estimate of drug-likeness (QED) is 0.757. The van der Waals surface area contributed by atoms with Gasteiger partial charge in [0, 0.05) is 19.1 Å². The van der Waals surface area contributed by atoms with Gasteiger partial charge in [0.1, 0.15) is 0 Å². The van der Waals surface area contributed by atoms with Crippen molar-refractivity contribution in [2.45, 2.75) is 78.9 Å². The maximum atomic E-state index is 10.3. The molecule has 0 aromatic carbocycles. The molecule has 1 rings (SSSR count). The van der Waals surface area contributed by atoms with Gasteiger partial charge in [-0.1, -0.05) is 34.6 Å². The zero-order valence-electron chi connectivity index (χ0n) is 13.7. The Morgan fingerprint density at radius 1 is 1.16 bits per heavy atom. The summed E-state index contributed by atoms with van der Waals surface area (Å²) >= 11 is 0. The zero-order valence-corrected chi connectivity index (χ0v) is 13.7. The lowest BCUT2D eigenvalue weighted by Gasteiger charge is -2.39. The third kappa shape index (κ3) is 5.43. The van der Waals surface area contributed by atoms with E-state index in [2.05, 4.69) is 39.5 Å². The first-order valence-electron chi connectivity index (χ1n) is 8.39. The van der Waals surface area contributed by atoms with Gasteiger partial charge in [-0.3, -0.25) is 4.90 Å². The number of aliphatic hydroxyl groups is 1. The minimum Gasteiger partial charge on any atom is -0.393 e. The van der Waals surface area contributed by atoms with E-state index in [4.69, 9.17) is 0 Å². The largest absolute Gasteiger partial charge is 0.393 e. The van der Waals surface area contributed by atoms with E-state index in [1.54, 1.807) is 0 Å². The SMILES string of the molecule is CCC(CC)N(CC(C)C)CC1CC(C)CCC1O. The van der Waals surface area contributed by atoms with Gasteiger partial charge < -0.3 is 5.11 Å². The molecule has 2 nitrogen and oxygen atoms in total. The van der Waals surface area contributed by atoms with E-state index in [1.165, 1.54) is 32.2 Å². The van der Waals surface area contributed by atoms with Crippen LogP contribution in [0.5, 0.6) is 0 Å². The van der Waals surface area contributed by atoms with Crippen LogP contribution in [0.3, 0.4) is 0 Å². The molecule has 0 heterocycles. The Labute approximate surface area is 120 Å². The topological polar surface area (TPSA) is 23.5 Å². The summed E-state index contributed by atoms with van der Waals surface area (Å²) in [6, 6.07) is 0.687. The molecule has 0 spiro atoms. The number of rotatable bonds is 7. The van der Waals surface area contributed by atoms with Crippen LogP contribution < -0.4 is 0 Å². The summed E-state index contributed by atoms with van der Waals surface area (Å²) in [5.74, 6) is 1.98. The predicted octanol–water partition coefficient (Wildman–Crippen LogP) is 3.93. The molecule has 3 atom stereocenters. The molecule has 0 saturated heterocycles. The Morgan fingerprint density at radius 2 is 1.79 bits per heavy atom. The van der Waals surface area contributed by atoms with E-state index < -0.39 is 0 Å². The lowest BCUT2D eigenvalue weighted by atomic mass is 9.80. The zero-order chi connectivity index (χ0) is 14.4. The minimum absolute atomic E-state index is 0.0692. The first-order chi connectivity index (χ1) is 8.97. The molecular formula is C17H35NO. The van der Waals surface area contributed by atoms with Crippen molar-refractivity contribution in [3.05, 3.63) is 0 Å². The van der Waals surface area contributed by atoms with Gasteiger partial charge in [-0.25, -0.2) is 0 Å². The number of hydrogen-bond donors (Lipinski definition) is 1. The normalized spacial score (nSPS) is 28.6. The second-order valence-electron chi connectivity index (χ2n) is 7.06. The summed E-state index contributed by atoms with van der Waals surface area (Å²) in [6.07, 6.45) is 5.79. The monoisotopic (exact) mass is 269 g/mol. The molecule has 19 heavy (non-hydrogen) atoms. The smallest absolute Gasteiger partial charge is 0.0580 e. The van der Waals surface area contributed by atoms with E-state index in [1.807, 2.05) is 0 Å². The van der Waals surface area contributed by atoms with Crippen LogP contribution in [0.4, 0.5) is 0 Å². The molecular weight excluding hydrogens is 234 g/mol. The van der Waals surface area contributed by atoms with E-state index >= 15 is 0 Å². The van der Waals surface area contributed by atoms with Crippen LogP contribution in [0, 0.1) is 17.8 Å². The molecule has 1 N–H and O–H groups in total. The van der Waals surface area contributed by atoms with E-state index in [9.17, 15) is 5.11 Å². The van der Waals surface area contributed by atoms with Gasteiger partial charge in [-0.15, -0.1) is 0 Å². The minimum atomic E-state index is -0.0692. The molecule has 1 fully saturated rings. The number of nitrogens with zero attached hydrogens (tertiary/aromatic N) is 1. The highest BCUT2D eigenvalue weighted by molar-refractivity contribution is 4.82. The second kappa shape index (κ2) is 8.26. The van der Waals surface area contributed by atoms with Crippen molar-refractivity contribution < 1.29 is 5.11 Å². The Hall–Kier alpha value is -0.0800. The van der Waals surface area contributed by atoms with Gasteiger partial charge in [0.2, 0.25) is 0 Å². The van der Waals surface area contributed by atoms with Crippen molar-refractivity contribution in [3.63, 3.8) is 0 Å². The molecule has 0 radical (unpaired) electrons. The highest BCUT2D eigenvalue weighted by Gasteiger charge is 2.30. The van der Waals surface area contributed by atoms with Gasteiger partial charge in [0.15, 0.2) is 0 Å². The van der Waals surface area contributed by atoms with Crippen LogP contribution >= 0.6 is 0 Å². The fourth-order valence-electron chi connectivity index (χ4n) is 3.63. The average Bonchev–Trinajstić information content (AvgIpc) is 2.34. The lowest BCUT2D eigenvalue weighted by molar-refractivity contribution is 0.0174. The van der Waals surface area contributed by atoms with Crippen molar-refractivity contribution in [1.82, 2.24) is 4.90 Å². The van der Waals surface area contributed by atoms with Crippen molar-refractivity contribution in [2.75, 3.05) is 13.1 Å². The van der Waals surface area contributed by atoms with Crippen LogP contribution in [-0.4, -0.2) is 35.2 Å². The van der Waals surface area contributed by atoms with Crippen LogP contribution in [0.25, 0.3) is 0 Å². The van der Waals surface area contributed by atoms with Gasteiger partial charge in [0.25, 0.3) is 0 Å². The highest BCUT2D eigenvalue weighted by atomic mass is 16.3. The summed E-state index contributed by atoms with van der Waals surface area (Å²) < 4.78 is 0. The fourth-order valence-corrected chi connectivity index (χ4v) is 3.63. The van der Waals surface area contributed by atoms with Crippen LogP contribution in [0.15, 0.2) is 0 Å². The average molecular weight is 269 g/mol. The van der Waals surface area contributed by atoms with Gasteiger partial charge in [0.05, 0.1) is 6.10 Å². The van der Waals surface area contributed by atoms with Crippen molar-refractivity contribution in [1.29, 1.82) is 0 Å². The van der Waals surface area contributed by atoms with Crippen LogP contribution in [0.1, 0.15) is 66.7 Å². The van der Waals surface area contributed by atoms with E-state index in [-0.39, 0.29) is 6.10 Å². The van der Waals surface area contributed by atoms with E-state index in [0.29, 0.717) is 17.9 Å². The summed E-state index contributed by atoms with van der Waals surface area (Å²) in [4.78, 5) is 2.65. The molecule has 0 bridgehead atoms. The molecule has 3 unspecified atom stereocenters. The van der Waals surface area contributed by atoms with E-state index in [0.717, 1.165) is 18.9 Å². The lowest BCUT2D eigenvalue weighted by Crippen LogP contribution is -2.44. The Kier molecular flexibility index (Phi) is 7.38. The molecule has 0 aromatic rings. The molecule has 1 saturated carbocycles. The van der Waals surface area contributed by atoms with Crippen molar-refractivity contribution in [3.8, 4) is 0 Å².